The van der Waals surface area contributed by atoms with Crippen molar-refractivity contribution in [1.29, 1.82) is 0 Å². The van der Waals surface area contributed by atoms with Gasteiger partial charge in [0.15, 0.2) is 18.1 Å². The average Bonchev–Trinajstić information content (AvgIpc) is 2.61. The third-order valence-electron chi connectivity index (χ3n) is 3.01. The van der Waals surface area contributed by atoms with Gasteiger partial charge in [-0.1, -0.05) is 22.0 Å². The van der Waals surface area contributed by atoms with E-state index in [4.69, 9.17) is 14.2 Å². The van der Waals surface area contributed by atoms with E-state index < -0.39 is 0 Å². The third-order valence-corrected chi connectivity index (χ3v) is 3.54. The van der Waals surface area contributed by atoms with E-state index in [0.717, 1.165) is 4.47 Å². The molecule has 0 heterocycles. The van der Waals surface area contributed by atoms with Gasteiger partial charge in [0.1, 0.15) is 5.75 Å². The highest BCUT2D eigenvalue weighted by molar-refractivity contribution is 9.10. The van der Waals surface area contributed by atoms with Gasteiger partial charge in [0, 0.05) is 10.0 Å². The Morgan fingerprint density at radius 1 is 1.17 bits per heavy atom. The molecule has 0 fully saturated rings. The zero-order valence-corrected chi connectivity index (χ0v) is 14.9. The van der Waals surface area contributed by atoms with E-state index in [1.54, 1.807) is 44.6 Å². The van der Waals surface area contributed by atoms with Gasteiger partial charge >= 0.3 is 0 Å². The number of nitrogens with one attached hydrogen (secondary N) is 1. The highest BCUT2D eigenvalue weighted by Gasteiger charge is 2.07. The predicted octanol–water partition coefficient (Wildman–Crippen LogP) is 3.00. The Labute approximate surface area is 148 Å². The fourth-order valence-corrected chi connectivity index (χ4v) is 2.16. The van der Waals surface area contributed by atoms with Crippen LogP contribution in [0.1, 0.15) is 5.56 Å². The first-order valence-electron chi connectivity index (χ1n) is 7.05. The largest absolute Gasteiger partial charge is 0.493 e. The number of rotatable bonds is 7. The van der Waals surface area contributed by atoms with Crippen molar-refractivity contribution >= 4 is 28.1 Å². The summed E-state index contributed by atoms with van der Waals surface area (Å²) in [6.45, 7) is -0.131. The minimum atomic E-state index is -0.365. The van der Waals surface area contributed by atoms with Crippen LogP contribution in [0.3, 0.4) is 0 Å². The Kier molecular flexibility index (Phi) is 6.62. The molecule has 24 heavy (non-hydrogen) atoms. The molecule has 1 amide bonds. The summed E-state index contributed by atoms with van der Waals surface area (Å²) in [6, 6.07) is 12.6. The molecule has 0 saturated heterocycles. The number of amides is 1. The minimum absolute atomic E-state index is 0.131. The molecule has 0 spiro atoms. The highest BCUT2D eigenvalue weighted by Crippen LogP contribution is 2.29. The number of hydrogen-bond donors (Lipinski definition) is 1. The summed E-state index contributed by atoms with van der Waals surface area (Å²) in [5, 5.41) is 3.90. The molecule has 0 saturated carbocycles. The molecule has 0 unspecified atom stereocenters. The summed E-state index contributed by atoms with van der Waals surface area (Å²) in [5.41, 5.74) is 3.09. The Balaban J connectivity index is 1.89. The second kappa shape index (κ2) is 8.93. The van der Waals surface area contributed by atoms with Gasteiger partial charge in [-0.3, -0.25) is 4.79 Å². The summed E-state index contributed by atoms with van der Waals surface area (Å²) in [4.78, 5) is 11.7. The Morgan fingerprint density at radius 2 is 1.92 bits per heavy atom. The van der Waals surface area contributed by atoms with Gasteiger partial charge in [-0.15, -0.1) is 0 Å². The van der Waals surface area contributed by atoms with E-state index in [-0.39, 0.29) is 12.5 Å². The normalized spacial score (nSPS) is 10.5. The molecule has 2 aromatic rings. The van der Waals surface area contributed by atoms with Gasteiger partial charge in [0.2, 0.25) is 0 Å². The molecule has 0 aromatic heterocycles. The van der Waals surface area contributed by atoms with Crippen molar-refractivity contribution in [3.63, 3.8) is 0 Å². The van der Waals surface area contributed by atoms with Gasteiger partial charge in [-0.25, -0.2) is 5.43 Å². The van der Waals surface area contributed by atoms with Crippen molar-refractivity contribution in [3.8, 4) is 17.2 Å². The van der Waals surface area contributed by atoms with Gasteiger partial charge in [0.25, 0.3) is 5.91 Å². The predicted molar refractivity (Wildman–Crippen MR) is 94.9 cm³/mol. The van der Waals surface area contributed by atoms with Crippen LogP contribution in [-0.4, -0.2) is 32.9 Å². The first kappa shape index (κ1) is 17.8. The van der Waals surface area contributed by atoms with Crippen molar-refractivity contribution in [2.75, 3.05) is 20.8 Å². The molecule has 0 aliphatic carbocycles. The topological polar surface area (TPSA) is 69.2 Å². The van der Waals surface area contributed by atoms with E-state index in [1.807, 2.05) is 12.1 Å². The first-order chi connectivity index (χ1) is 11.6. The number of benzene rings is 2. The number of carbonyl (C=O) groups excluding carboxylic acids is 1. The molecule has 6 nitrogen and oxygen atoms in total. The molecule has 0 aliphatic rings. The number of nitrogens with zero attached hydrogens (tertiary/aromatic N) is 1. The second-order valence-corrected chi connectivity index (χ2v) is 5.53. The zero-order valence-electron chi connectivity index (χ0n) is 13.3. The van der Waals surface area contributed by atoms with Crippen LogP contribution in [0.2, 0.25) is 0 Å². The molecular formula is C17H17BrN2O4. The summed E-state index contributed by atoms with van der Waals surface area (Å²) in [5.74, 6) is 1.37. The van der Waals surface area contributed by atoms with Crippen molar-refractivity contribution in [2.24, 2.45) is 5.10 Å². The number of carbonyl (C=O) groups is 1. The fraction of sp³-hybridized carbons (Fsp3) is 0.176. The van der Waals surface area contributed by atoms with Gasteiger partial charge < -0.3 is 14.2 Å². The first-order valence-corrected chi connectivity index (χ1v) is 7.84. The lowest BCUT2D eigenvalue weighted by molar-refractivity contribution is -0.123. The third kappa shape index (κ3) is 4.99. The summed E-state index contributed by atoms with van der Waals surface area (Å²) in [7, 11) is 3.10. The van der Waals surface area contributed by atoms with Crippen LogP contribution in [0.25, 0.3) is 0 Å². The van der Waals surface area contributed by atoms with Crippen LogP contribution in [0.5, 0.6) is 17.2 Å². The molecule has 7 heteroatoms. The van der Waals surface area contributed by atoms with Gasteiger partial charge in [0.05, 0.1) is 20.4 Å². The van der Waals surface area contributed by atoms with Crippen LogP contribution < -0.4 is 19.6 Å². The molecule has 2 rings (SSSR count). The zero-order chi connectivity index (χ0) is 17.4. The molecule has 0 atom stereocenters. The SMILES string of the molecule is COc1cccc(/C=N/NC(=O)COc2ccc(Br)cc2)c1OC. The average molecular weight is 393 g/mol. The van der Waals surface area contributed by atoms with Crippen LogP contribution in [-0.2, 0) is 4.79 Å². The molecule has 126 valence electrons. The van der Waals surface area contributed by atoms with Crippen LogP contribution >= 0.6 is 15.9 Å². The maximum atomic E-state index is 11.7. The number of halogens is 1. The van der Waals surface area contributed by atoms with E-state index in [1.165, 1.54) is 6.21 Å². The molecular weight excluding hydrogens is 376 g/mol. The fourth-order valence-electron chi connectivity index (χ4n) is 1.90. The van der Waals surface area contributed by atoms with Crippen molar-refractivity contribution in [1.82, 2.24) is 5.43 Å². The lowest BCUT2D eigenvalue weighted by Crippen LogP contribution is -2.24. The van der Waals surface area contributed by atoms with E-state index in [9.17, 15) is 4.79 Å². The summed E-state index contributed by atoms with van der Waals surface area (Å²) in [6.07, 6.45) is 1.49. The standard InChI is InChI=1S/C17H17BrN2O4/c1-22-15-5-3-4-12(17(15)23-2)10-19-20-16(21)11-24-14-8-6-13(18)7-9-14/h3-10H,11H2,1-2H3,(H,20,21)/b19-10+. The number of hydrogen-bond acceptors (Lipinski definition) is 5. The Hall–Kier alpha value is -2.54. The minimum Gasteiger partial charge on any atom is -0.493 e. The summed E-state index contributed by atoms with van der Waals surface area (Å²) < 4.78 is 16.8. The number of hydrazone groups is 1. The van der Waals surface area contributed by atoms with E-state index in [0.29, 0.717) is 22.8 Å². The molecule has 0 radical (unpaired) electrons. The van der Waals surface area contributed by atoms with Crippen molar-refractivity contribution in [3.05, 3.63) is 52.5 Å². The van der Waals surface area contributed by atoms with Crippen LogP contribution in [0.4, 0.5) is 0 Å². The quantitative estimate of drug-likeness (QED) is 0.580. The van der Waals surface area contributed by atoms with E-state index >= 15 is 0 Å². The molecule has 0 aliphatic heterocycles. The Morgan fingerprint density at radius 3 is 2.58 bits per heavy atom. The van der Waals surface area contributed by atoms with E-state index in [2.05, 4.69) is 26.5 Å². The maximum absolute atomic E-state index is 11.7. The lowest BCUT2D eigenvalue weighted by atomic mass is 10.2. The highest BCUT2D eigenvalue weighted by atomic mass is 79.9. The number of ether oxygens (including phenoxy) is 3. The van der Waals surface area contributed by atoms with Crippen LogP contribution in [0.15, 0.2) is 52.0 Å². The molecule has 1 N–H and O–H groups in total. The summed E-state index contributed by atoms with van der Waals surface area (Å²) >= 11 is 3.33. The smallest absolute Gasteiger partial charge is 0.277 e. The monoisotopic (exact) mass is 392 g/mol. The van der Waals surface area contributed by atoms with Crippen molar-refractivity contribution < 1.29 is 19.0 Å². The second-order valence-electron chi connectivity index (χ2n) is 4.62. The van der Waals surface area contributed by atoms with Crippen LogP contribution in [0, 0.1) is 0 Å². The maximum Gasteiger partial charge on any atom is 0.277 e. The number of methoxy groups -OCH3 is 2. The Bertz CT molecular complexity index is 717. The lowest BCUT2D eigenvalue weighted by Gasteiger charge is -2.09. The molecule has 2 aromatic carbocycles. The number of para-hydroxylation sites is 1. The molecule has 0 bridgehead atoms. The van der Waals surface area contributed by atoms with Gasteiger partial charge in [-0.05, 0) is 36.4 Å². The van der Waals surface area contributed by atoms with Gasteiger partial charge in [-0.2, -0.15) is 5.10 Å². The van der Waals surface area contributed by atoms with Crippen molar-refractivity contribution in [2.45, 2.75) is 0 Å².